The van der Waals surface area contributed by atoms with Gasteiger partial charge in [0.25, 0.3) is 0 Å². The number of aromatic nitrogens is 12. The summed E-state index contributed by atoms with van der Waals surface area (Å²) in [5, 5.41) is 15.2. The molecule has 0 radical (unpaired) electrons. The van der Waals surface area contributed by atoms with Crippen LogP contribution in [0.15, 0.2) is 218 Å². The minimum atomic E-state index is 1.32. The summed E-state index contributed by atoms with van der Waals surface area (Å²) >= 11 is 1.60. The van der Waals surface area contributed by atoms with Gasteiger partial charge in [-0.3, -0.25) is 25.0 Å². The van der Waals surface area contributed by atoms with Crippen LogP contribution in [0.2, 0.25) is 0 Å². The average Bonchev–Trinajstić information content (AvgIpc) is 4.57. The van der Waals surface area contributed by atoms with E-state index in [9.17, 15) is 0 Å². The molecule has 9 aromatic rings. The third-order valence-corrected chi connectivity index (χ3v) is 5.05. The number of imidazole rings is 1. The van der Waals surface area contributed by atoms with Gasteiger partial charge in [0.15, 0.2) is 0 Å². The van der Waals surface area contributed by atoms with E-state index in [1.54, 1.807) is 135 Å². The molecule has 85 heavy (non-hydrogen) atoms. The molecule has 0 bridgehead atoms. The number of rotatable bonds is 0. The Hall–Kier alpha value is -7.06. The molecule has 0 unspecified atom stereocenters. The van der Waals surface area contributed by atoms with Crippen LogP contribution in [0.3, 0.4) is 0 Å². The highest BCUT2D eigenvalue weighted by molar-refractivity contribution is 7.07. The molecular formula is C71H142N12OS. The monoisotopic (exact) mass is 1210 g/mol. The van der Waals surface area contributed by atoms with Gasteiger partial charge in [-0.25, -0.2) is 15.0 Å². The van der Waals surface area contributed by atoms with Crippen molar-refractivity contribution in [1.29, 1.82) is 0 Å². The van der Waals surface area contributed by atoms with Gasteiger partial charge in [0.1, 0.15) is 6.33 Å². The maximum Gasteiger partial charge on any atom is 0.115 e. The molecule has 14 heteroatoms. The second kappa shape index (κ2) is 220. The Morgan fingerprint density at radius 3 is 0.788 bits per heavy atom. The first kappa shape index (κ1) is 124. The lowest BCUT2D eigenvalue weighted by Crippen LogP contribution is -1.69. The van der Waals surface area contributed by atoms with Crippen molar-refractivity contribution in [1.82, 2.24) is 60.3 Å². The smallest absolute Gasteiger partial charge is 0.115 e. The maximum absolute atomic E-state index is 4.58. The lowest BCUT2D eigenvalue weighted by Gasteiger charge is -1.82. The van der Waals surface area contributed by atoms with E-state index >= 15 is 0 Å². The van der Waals surface area contributed by atoms with Crippen molar-refractivity contribution in [3.63, 3.8) is 0 Å². The molecule has 0 aliphatic rings. The number of pyridine rings is 1. The van der Waals surface area contributed by atoms with E-state index in [1.807, 2.05) is 308 Å². The van der Waals surface area contributed by atoms with Crippen LogP contribution in [0.25, 0.3) is 0 Å². The molecule has 8 heterocycles. The molecular weight excluding hydrogens is 1070 g/mol. The number of nitrogens with zero attached hydrogens (tertiary/aromatic N) is 10. The minimum Gasteiger partial charge on any atom is -0.473 e. The molecule has 13 nitrogen and oxygen atoms in total. The number of H-pyrrole nitrogens is 2. The van der Waals surface area contributed by atoms with Crippen LogP contribution < -0.4 is 0 Å². The van der Waals surface area contributed by atoms with E-state index in [0.717, 1.165) is 0 Å². The van der Waals surface area contributed by atoms with E-state index in [-0.39, 0.29) is 0 Å². The SMILES string of the molecule is CC.CC.CC.CC.CC.CC.CC.CC.CC.CC.CC.CC.CC.CC.CC.CC.CC.Cc1ccccc1.c1c[nH]cn1.c1ccncc1.c1ccnnc1.c1ccoc1.c1cn[nH]c1.c1cnccn1.c1cncnc1.c1cscn1. The first-order chi connectivity index (χ1) is 42.4. The summed E-state index contributed by atoms with van der Waals surface area (Å²) in [6, 6.07) is 26.9. The second-order valence-electron chi connectivity index (χ2n) is 8.39. The molecule has 0 aliphatic carbocycles. The van der Waals surface area contributed by atoms with Gasteiger partial charge in [-0.05, 0) is 55.5 Å². The van der Waals surface area contributed by atoms with Crippen molar-refractivity contribution in [2.24, 2.45) is 0 Å². The Kier molecular flexibility index (Phi) is 321. The van der Waals surface area contributed by atoms with Crippen LogP contribution in [0, 0.1) is 6.92 Å². The van der Waals surface area contributed by atoms with Crippen molar-refractivity contribution in [2.45, 2.75) is 242 Å². The summed E-state index contributed by atoms with van der Waals surface area (Å²) in [7, 11) is 0. The average molecular weight is 1210 g/mol. The molecule has 1 aromatic carbocycles. The summed E-state index contributed by atoms with van der Waals surface area (Å²) < 4.78 is 4.58. The van der Waals surface area contributed by atoms with Gasteiger partial charge in [0.2, 0.25) is 0 Å². The third kappa shape index (κ3) is 214. The number of hydrogen-bond acceptors (Lipinski definition) is 12. The highest BCUT2D eigenvalue weighted by Gasteiger charge is 1.72. The first-order valence-electron chi connectivity index (χ1n) is 32.0. The largest absolute Gasteiger partial charge is 0.473 e. The molecule has 0 fully saturated rings. The van der Waals surface area contributed by atoms with E-state index in [2.05, 4.69) is 83.7 Å². The van der Waals surface area contributed by atoms with Crippen LogP contribution in [-0.4, -0.2) is 60.3 Å². The van der Waals surface area contributed by atoms with Crippen LogP contribution in [0.5, 0.6) is 0 Å². The van der Waals surface area contributed by atoms with Crippen molar-refractivity contribution in [3.05, 3.63) is 220 Å². The quantitative estimate of drug-likeness (QED) is 0.148. The Bertz CT molecular complexity index is 1330. The van der Waals surface area contributed by atoms with Crippen molar-refractivity contribution >= 4 is 11.3 Å². The van der Waals surface area contributed by atoms with Gasteiger partial charge in [0.05, 0.1) is 24.4 Å². The van der Waals surface area contributed by atoms with Gasteiger partial charge >= 0.3 is 0 Å². The minimum absolute atomic E-state index is 1.32. The first-order valence-corrected chi connectivity index (χ1v) is 33.0. The molecule has 498 valence electrons. The number of thiazole rings is 1. The fourth-order valence-corrected chi connectivity index (χ4v) is 2.79. The third-order valence-electron chi connectivity index (χ3n) is 4.53. The number of nitrogens with one attached hydrogen (secondary N) is 2. The molecule has 0 spiro atoms. The fraction of sp³-hybridized carbons (Fsp3) is 0.493. The van der Waals surface area contributed by atoms with Crippen molar-refractivity contribution < 1.29 is 4.42 Å². The summed E-state index contributed by atoms with van der Waals surface area (Å²) in [5.41, 5.74) is 3.11. The fourth-order valence-electron chi connectivity index (χ4n) is 2.44. The Morgan fingerprint density at radius 2 is 0.671 bits per heavy atom. The summed E-state index contributed by atoms with van der Waals surface area (Å²) in [5.74, 6) is 0. The summed E-state index contributed by atoms with van der Waals surface area (Å²) in [4.78, 5) is 28.7. The molecule has 8 aromatic heterocycles. The number of benzene rings is 1. The highest BCUT2D eigenvalue weighted by Crippen LogP contribution is 1.92. The molecule has 0 amide bonds. The van der Waals surface area contributed by atoms with Gasteiger partial charge in [-0.1, -0.05) is 277 Å². The lowest BCUT2D eigenvalue weighted by molar-refractivity contribution is 0.567. The Labute approximate surface area is 535 Å². The van der Waals surface area contributed by atoms with Crippen LogP contribution in [0.1, 0.15) is 241 Å². The zero-order chi connectivity index (χ0) is 70.2. The van der Waals surface area contributed by atoms with Gasteiger partial charge in [-0.15, -0.1) is 11.3 Å². The maximum atomic E-state index is 4.58. The van der Waals surface area contributed by atoms with Crippen LogP contribution in [-0.2, 0) is 0 Å². The van der Waals surface area contributed by atoms with E-state index in [4.69, 9.17) is 0 Å². The van der Waals surface area contributed by atoms with Gasteiger partial charge in [-0.2, -0.15) is 15.3 Å². The molecule has 0 atom stereocenters. The van der Waals surface area contributed by atoms with Crippen molar-refractivity contribution in [2.75, 3.05) is 0 Å². The predicted molar refractivity (Wildman–Crippen MR) is 392 cm³/mol. The van der Waals surface area contributed by atoms with Crippen molar-refractivity contribution in [3.8, 4) is 0 Å². The molecule has 0 saturated carbocycles. The van der Waals surface area contributed by atoms with E-state index in [1.165, 1.54) is 11.9 Å². The zero-order valence-corrected chi connectivity index (χ0v) is 62.8. The van der Waals surface area contributed by atoms with Crippen LogP contribution in [0.4, 0.5) is 0 Å². The molecule has 9 rings (SSSR count). The summed E-state index contributed by atoms with van der Waals surface area (Å²) in [6.45, 7) is 70.1. The molecule has 0 saturated heterocycles. The zero-order valence-electron chi connectivity index (χ0n) is 62.0. The number of aryl methyl sites for hydroxylation is 1. The van der Waals surface area contributed by atoms with Gasteiger partial charge < -0.3 is 9.40 Å². The normalized spacial score (nSPS) is 6.06. The molecule has 2 N–H and O–H groups in total. The Balaban J connectivity index is -0.0000000385. The molecule has 0 aliphatic heterocycles. The summed E-state index contributed by atoms with van der Waals surface area (Å²) in [6.07, 6.45) is 31.8. The second-order valence-corrected chi connectivity index (χ2v) is 9.14. The van der Waals surface area contributed by atoms with E-state index in [0.29, 0.717) is 0 Å². The van der Waals surface area contributed by atoms with Crippen LogP contribution >= 0.6 is 11.3 Å². The topological polar surface area (TPSA) is 174 Å². The van der Waals surface area contributed by atoms with Gasteiger partial charge in [0, 0.05) is 98.3 Å². The highest BCUT2D eigenvalue weighted by atomic mass is 32.1. The van der Waals surface area contributed by atoms with E-state index < -0.39 is 0 Å². The number of furan rings is 1. The lowest BCUT2D eigenvalue weighted by atomic mass is 10.2. The number of aromatic amines is 2. The Morgan fingerprint density at radius 1 is 0.306 bits per heavy atom. The standard InChI is InChI=1S/C7H8.C5H5N.3C4H4N2.C4H4O.2C3H4N2.C3H3NS.17C2H6/c1-7-5-3-2-4-6-7;1-2-4-6-5-3-1;1-2-6-4-3-5-1;1-2-5-4-6-3-1;1-2-4-6-5-3-1;1-2-4-5-3-1;1-2-5-3-4-1;1-2-4-5-3-1;1-2-5-3-4-1;17*1-2/h2-6H,1H3;1-5H;3*1-4H;1-4H;2*1-3H,(H,4,5);1-3H;17*1-2H3. The number of hydrogen-bond donors (Lipinski definition) is 2. The predicted octanol–water partition coefficient (Wildman–Crippen LogP) is 25.2.